The number of hydrogen-bond donors (Lipinski definition) is 2. The van der Waals surface area contributed by atoms with Crippen LogP contribution in [0, 0.1) is 5.92 Å². The minimum Gasteiger partial charge on any atom is -0.355 e. The lowest BCUT2D eigenvalue weighted by Gasteiger charge is -2.10. The molecule has 1 unspecified atom stereocenters. The summed E-state index contributed by atoms with van der Waals surface area (Å²) >= 11 is 0. The van der Waals surface area contributed by atoms with Crippen LogP contribution in [0.15, 0.2) is 0 Å². The Balaban J connectivity index is 3.65. The summed E-state index contributed by atoms with van der Waals surface area (Å²) in [7, 11) is 0. The van der Waals surface area contributed by atoms with Crippen molar-refractivity contribution in [3.63, 3.8) is 0 Å². The molecule has 0 aliphatic heterocycles. The van der Waals surface area contributed by atoms with Gasteiger partial charge in [-0.15, -0.1) is 0 Å². The number of nitrogens with one attached hydrogen (secondary N) is 2. The second-order valence-electron chi connectivity index (χ2n) is 3.76. The molecular weight excluding hydrogens is 192 g/mol. The molecule has 0 aliphatic rings. The predicted octanol–water partition coefficient (Wildman–Crippen LogP) is 1.06. The lowest BCUT2D eigenvalue weighted by molar-refractivity contribution is -0.128. The summed E-state index contributed by atoms with van der Waals surface area (Å²) in [5, 5.41) is 5.33. The summed E-state index contributed by atoms with van der Waals surface area (Å²) in [5.74, 6) is -0.161. The first-order chi connectivity index (χ1) is 7.11. The maximum Gasteiger partial charge on any atom is 0.239 e. The monoisotopic (exact) mass is 214 g/mol. The molecule has 0 saturated carbocycles. The van der Waals surface area contributed by atoms with Gasteiger partial charge in [0.1, 0.15) is 0 Å². The maximum absolute atomic E-state index is 11.4. The summed E-state index contributed by atoms with van der Waals surface area (Å²) in [6.07, 6.45) is 2.75. The fourth-order valence-corrected chi connectivity index (χ4v) is 1.23. The van der Waals surface area contributed by atoms with Crippen LogP contribution in [0.2, 0.25) is 0 Å². The van der Waals surface area contributed by atoms with Crippen LogP contribution in [0.1, 0.15) is 40.0 Å². The number of carbonyl (C=O) groups is 2. The van der Waals surface area contributed by atoms with E-state index in [9.17, 15) is 9.59 Å². The third-order valence-electron chi connectivity index (χ3n) is 2.16. The lowest BCUT2D eigenvalue weighted by atomic mass is 10.1. The van der Waals surface area contributed by atoms with Gasteiger partial charge in [-0.1, -0.05) is 27.2 Å². The summed E-state index contributed by atoms with van der Waals surface area (Å²) in [6.45, 7) is 6.66. The normalized spacial score (nSPS) is 11.9. The van der Waals surface area contributed by atoms with Gasteiger partial charge in [0.05, 0.1) is 6.54 Å². The smallest absolute Gasteiger partial charge is 0.239 e. The molecule has 0 radical (unpaired) electrons. The van der Waals surface area contributed by atoms with E-state index in [0.29, 0.717) is 6.54 Å². The Morgan fingerprint density at radius 3 is 2.33 bits per heavy atom. The Hall–Kier alpha value is -1.06. The summed E-state index contributed by atoms with van der Waals surface area (Å²) in [6, 6.07) is 0. The molecule has 0 fully saturated rings. The van der Waals surface area contributed by atoms with Crippen molar-refractivity contribution in [2.24, 2.45) is 5.92 Å². The molecule has 0 spiro atoms. The zero-order valence-electron chi connectivity index (χ0n) is 9.93. The molecule has 0 aromatic heterocycles. The third-order valence-corrected chi connectivity index (χ3v) is 2.16. The van der Waals surface area contributed by atoms with Gasteiger partial charge in [0.15, 0.2) is 0 Å². The van der Waals surface area contributed by atoms with E-state index in [1.54, 1.807) is 0 Å². The van der Waals surface area contributed by atoms with Crippen LogP contribution in [0.3, 0.4) is 0 Å². The van der Waals surface area contributed by atoms with Crippen LogP contribution in [-0.2, 0) is 9.59 Å². The van der Waals surface area contributed by atoms with Gasteiger partial charge in [0.25, 0.3) is 0 Å². The zero-order chi connectivity index (χ0) is 11.7. The first-order valence-corrected chi connectivity index (χ1v) is 5.66. The van der Waals surface area contributed by atoms with Crippen molar-refractivity contribution in [3.05, 3.63) is 0 Å². The van der Waals surface area contributed by atoms with Crippen molar-refractivity contribution in [2.75, 3.05) is 13.1 Å². The Bertz CT molecular complexity index is 205. The van der Waals surface area contributed by atoms with E-state index < -0.39 is 0 Å². The molecule has 0 saturated heterocycles. The molecule has 1 atom stereocenters. The van der Waals surface area contributed by atoms with Gasteiger partial charge >= 0.3 is 0 Å². The first-order valence-electron chi connectivity index (χ1n) is 5.66. The number of rotatable bonds is 7. The Kier molecular flexibility index (Phi) is 7.68. The first kappa shape index (κ1) is 13.9. The molecule has 0 aromatic rings. The average molecular weight is 214 g/mol. The van der Waals surface area contributed by atoms with E-state index in [1.807, 2.05) is 20.8 Å². The number of hydrogen-bond acceptors (Lipinski definition) is 2. The van der Waals surface area contributed by atoms with Crippen LogP contribution in [-0.4, -0.2) is 24.9 Å². The minimum atomic E-state index is -0.117. The van der Waals surface area contributed by atoms with Crippen LogP contribution in [0.5, 0.6) is 0 Å². The molecule has 0 bridgehead atoms. The Morgan fingerprint density at radius 2 is 1.80 bits per heavy atom. The highest BCUT2D eigenvalue weighted by atomic mass is 16.2. The largest absolute Gasteiger partial charge is 0.355 e. The van der Waals surface area contributed by atoms with E-state index >= 15 is 0 Å². The molecular formula is C11H22N2O2. The van der Waals surface area contributed by atoms with Gasteiger partial charge in [0.2, 0.25) is 11.8 Å². The summed E-state index contributed by atoms with van der Waals surface area (Å²) < 4.78 is 0. The van der Waals surface area contributed by atoms with Crippen molar-refractivity contribution in [1.82, 2.24) is 10.6 Å². The van der Waals surface area contributed by atoms with E-state index in [2.05, 4.69) is 10.6 Å². The standard InChI is InChI=1S/C11H22N2O2/c1-4-6-9(3)11(15)13-8-10(14)12-7-5-2/h9H,4-8H2,1-3H3,(H,12,14)(H,13,15). The van der Waals surface area contributed by atoms with E-state index in [-0.39, 0.29) is 24.3 Å². The quantitative estimate of drug-likeness (QED) is 0.666. The van der Waals surface area contributed by atoms with Crippen molar-refractivity contribution >= 4 is 11.8 Å². The van der Waals surface area contributed by atoms with Gasteiger partial charge in [0, 0.05) is 12.5 Å². The summed E-state index contributed by atoms with van der Waals surface area (Å²) in [4.78, 5) is 22.6. The fourth-order valence-electron chi connectivity index (χ4n) is 1.23. The third kappa shape index (κ3) is 6.94. The Morgan fingerprint density at radius 1 is 1.13 bits per heavy atom. The minimum absolute atomic E-state index is 0.00558. The average Bonchev–Trinajstić information content (AvgIpc) is 2.23. The highest BCUT2D eigenvalue weighted by Crippen LogP contribution is 2.03. The molecule has 0 aromatic carbocycles. The van der Waals surface area contributed by atoms with E-state index in [1.165, 1.54) is 0 Å². The SMILES string of the molecule is CCCNC(=O)CNC(=O)C(C)CCC. The second kappa shape index (κ2) is 8.26. The highest BCUT2D eigenvalue weighted by Gasteiger charge is 2.12. The second-order valence-corrected chi connectivity index (χ2v) is 3.76. The molecule has 2 amide bonds. The Labute approximate surface area is 91.8 Å². The van der Waals surface area contributed by atoms with Crippen LogP contribution < -0.4 is 10.6 Å². The van der Waals surface area contributed by atoms with Crippen molar-refractivity contribution in [3.8, 4) is 0 Å². The number of carbonyl (C=O) groups excluding carboxylic acids is 2. The van der Waals surface area contributed by atoms with E-state index in [4.69, 9.17) is 0 Å². The van der Waals surface area contributed by atoms with Crippen molar-refractivity contribution < 1.29 is 9.59 Å². The molecule has 15 heavy (non-hydrogen) atoms. The molecule has 0 rings (SSSR count). The molecule has 2 N–H and O–H groups in total. The number of amides is 2. The molecule has 0 heterocycles. The van der Waals surface area contributed by atoms with Gasteiger partial charge in [-0.3, -0.25) is 9.59 Å². The highest BCUT2D eigenvalue weighted by molar-refractivity contribution is 5.85. The van der Waals surface area contributed by atoms with Crippen LogP contribution in [0.4, 0.5) is 0 Å². The predicted molar refractivity (Wildman–Crippen MR) is 60.4 cm³/mol. The van der Waals surface area contributed by atoms with Gasteiger partial charge in [-0.25, -0.2) is 0 Å². The summed E-state index contributed by atoms with van der Waals surface area (Å²) in [5.41, 5.74) is 0. The zero-order valence-corrected chi connectivity index (χ0v) is 9.93. The van der Waals surface area contributed by atoms with Crippen LogP contribution >= 0.6 is 0 Å². The van der Waals surface area contributed by atoms with Crippen molar-refractivity contribution in [1.29, 1.82) is 0 Å². The molecule has 0 aliphatic carbocycles. The van der Waals surface area contributed by atoms with Crippen LogP contribution in [0.25, 0.3) is 0 Å². The van der Waals surface area contributed by atoms with E-state index in [0.717, 1.165) is 19.3 Å². The lowest BCUT2D eigenvalue weighted by Crippen LogP contribution is -2.39. The van der Waals surface area contributed by atoms with Gasteiger partial charge in [-0.05, 0) is 12.8 Å². The van der Waals surface area contributed by atoms with Gasteiger partial charge < -0.3 is 10.6 Å². The topological polar surface area (TPSA) is 58.2 Å². The molecule has 4 heteroatoms. The van der Waals surface area contributed by atoms with Crippen molar-refractivity contribution in [2.45, 2.75) is 40.0 Å². The molecule has 88 valence electrons. The fraction of sp³-hybridized carbons (Fsp3) is 0.818. The molecule has 4 nitrogen and oxygen atoms in total. The van der Waals surface area contributed by atoms with Gasteiger partial charge in [-0.2, -0.15) is 0 Å². The maximum atomic E-state index is 11.4.